The smallest absolute Gasteiger partial charge is 0.157 e. The van der Waals surface area contributed by atoms with Crippen molar-refractivity contribution >= 4 is 5.78 Å². The first-order chi connectivity index (χ1) is 12.9. The molecule has 0 saturated heterocycles. The highest BCUT2D eigenvalue weighted by Crippen LogP contribution is 2.65. The first-order valence-electron chi connectivity index (χ1n) is 11.0. The minimum absolute atomic E-state index is 0.160. The van der Waals surface area contributed by atoms with Crippen molar-refractivity contribution in [1.82, 2.24) is 15.0 Å². The molecule has 0 radical (unpaired) electrons. The molecule has 0 aliphatic heterocycles. The first-order valence-corrected chi connectivity index (χ1v) is 11.0. The molecule has 4 fully saturated rings. The lowest BCUT2D eigenvalue weighted by molar-refractivity contribution is -0.130. The number of hydrogen-bond donors (Lipinski definition) is 1. The van der Waals surface area contributed by atoms with Crippen LogP contribution in [-0.4, -0.2) is 31.5 Å². The maximum Gasteiger partial charge on any atom is 0.157 e. The molecule has 148 valence electrons. The molecule has 1 heterocycles. The van der Waals surface area contributed by atoms with E-state index in [4.69, 9.17) is 0 Å². The van der Waals surface area contributed by atoms with Crippen molar-refractivity contribution < 1.29 is 9.90 Å². The van der Waals surface area contributed by atoms with Gasteiger partial charge in [0.25, 0.3) is 0 Å². The van der Waals surface area contributed by atoms with Gasteiger partial charge in [-0.1, -0.05) is 12.1 Å². The topological polar surface area (TPSA) is 68.0 Å². The van der Waals surface area contributed by atoms with Gasteiger partial charge in [-0.15, -0.1) is 5.10 Å². The average Bonchev–Trinajstić information content (AvgIpc) is 3.29. The molecule has 0 unspecified atom stereocenters. The van der Waals surface area contributed by atoms with E-state index in [1.165, 1.54) is 32.1 Å². The summed E-state index contributed by atoms with van der Waals surface area (Å²) >= 11 is 0. The van der Waals surface area contributed by atoms with Crippen LogP contribution in [0.4, 0.5) is 0 Å². The fourth-order valence-corrected chi connectivity index (χ4v) is 8.08. The molecular weight excluding hydrogens is 338 g/mol. The minimum atomic E-state index is -0.447. The Balaban J connectivity index is 1.34. The van der Waals surface area contributed by atoms with Gasteiger partial charge in [0, 0.05) is 12.1 Å². The average molecular weight is 372 g/mol. The summed E-state index contributed by atoms with van der Waals surface area (Å²) in [4.78, 5) is 13.1. The molecule has 1 aromatic heterocycles. The molecule has 5 nitrogen and oxygen atoms in total. The third-order valence-electron chi connectivity index (χ3n) is 9.07. The van der Waals surface area contributed by atoms with Crippen molar-refractivity contribution in [2.75, 3.05) is 0 Å². The number of ketones is 1. The number of carbonyl (C=O) groups excluding carboxylic acids is 1. The van der Waals surface area contributed by atoms with Crippen molar-refractivity contribution in [2.45, 2.75) is 77.4 Å². The van der Waals surface area contributed by atoms with Crippen molar-refractivity contribution in [2.24, 2.45) is 40.9 Å². The zero-order chi connectivity index (χ0) is 18.8. The van der Waals surface area contributed by atoms with E-state index < -0.39 is 5.60 Å². The van der Waals surface area contributed by atoms with E-state index in [-0.39, 0.29) is 11.3 Å². The quantitative estimate of drug-likeness (QED) is 0.883. The highest BCUT2D eigenvalue weighted by molar-refractivity contribution is 5.82. The third kappa shape index (κ3) is 2.80. The zero-order valence-electron chi connectivity index (χ0n) is 16.7. The molecule has 5 heteroatoms. The number of aromatic nitrogens is 3. The van der Waals surface area contributed by atoms with E-state index in [1.807, 2.05) is 6.92 Å². The summed E-state index contributed by atoms with van der Waals surface area (Å²) in [5.74, 6) is 4.21. The number of aliphatic hydroxyl groups is 1. The third-order valence-corrected chi connectivity index (χ3v) is 9.07. The van der Waals surface area contributed by atoms with Crippen LogP contribution in [0.25, 0.3) is 0 Å². The molecule has 0 amide bonds. The summed E-state index contributed by atoms with van der Waals surface area (Å²) in [5, 5.41) is 18.5. The van der Waals surface area contributed by atoms with Gasteiger partial charge in [0.2, 0.25) is 0 Å². The second-order valence-electron chi connectivity index (χ2n) is 10.6. The maximum atomic E-state index is 13.1. The number of nitrogens with zero attached hydrogens (tertiary/aromatic N) is 3. The molecular formula is C22H33N3O2. The van der Waals surface area contributed by atoms with E-state index in [0.29, 0.717) is 24.2 Å². The predicted molar refractivity (Wildman–Crippen MR) is 102 cm³/mol. The number of Topliss-reactive ketones (excluding diaryl/α,β-unsaturated/α-hetero) is 1. The summed E-state index contributed by atoms with van der Waals surface area (Å²) in [6.07, 6.45) is 12.7. The van der Waals surface area contributed by atoms with Crippen molar-refractivity contribution in [3.8, 4) is 0 Å². The van der Waals surface area contributed by atoms with Crippen molar-refractivity contribution in [3.63, 3.8) is 0 Å². The number of carbonyl (C=O) groups is 1. The Hall–Kier alpha value is -1.23. The lowest BCUT2D eigenvalue weighted by Crippen LogP contribution is -2.47. The predicted octanol–water partition coefficient (Wildman–Crippen LogP) is 3.48. The second kappa shape index (κ2) is 6.13. The Labute approximate surface area is 161 Å². The summed E-state index contributed by atoms with van der Waals surface area (Å²) in [6, 6.07) is 0. The fraction of sp³-hybridized carbons (Fsp3) is 0.864. The largest absolute Gasteiger partial charge is 0.390 e. The van der Waals surface area contributed by atoms with Gasteiger partial charge in [-0.25, -0.2) is 4.68 Å². The standard InChI is InChI=1S/C22H33N3O2/c1-21(27)11-14-3-4-16-15(17(14)12-21)7-8-22(2)18(16)5-6-19(22)20(26)13-25-10-9-23-24-25/h9-10,14-19,27H,3-8,11-13H2,1-2H3/t14-,15+,16-,17+,18+,19-,21+,22+/m1/s1. The van der Waals surface area contributed by atoms with E-state index in [1.54, 1.807) is 17.1 Å². The van der Waals surface area contributed by atoms with Gasteiger partial charge in [-0.3, -0.25) is 4.79 Å². The fourth-order valence-electron chi connectivity index (χ4n) is 8.08. The molecule has 5 rings (SSSR count). The Kier molecular flexibility index (Phi) is 4.05. The van der Waals surface area contributed by atoms with Crippen LogP contribution in [0, 0.1) is 40.9 Å². The van der Waals surface area contributed by atoms with Crippen molar-refractivity contribution in [1.29, 1.82) is 0 Å². The molecule has 0 bridgehead atoms. The summed E-state index contributed by atoms with van der Waals surface area (Å²) in [5.41, 5.74) is -0.288. The van der Waals surface area contributed by atoms with Gasteiger partial charge in [0.1, 0.15) is 6.54 Å². The summed E-state index contributed by atoms with van der Waals surface area (Å²) in [6.45, 7) is 4.82. The SMILES string of the molecule is C[C@]1(O)C[C@H]2CC[C@@H]3[C@H](CC[C@]4(C)[C@@H](C(=O)Cn5ccnn5)CC[C@@H]34)[C@H]2C1. The van der Waals surface area contributed by atoms with Crippen LogP contribution in [0.3, 0.4) is 0 Å². The maximum absolute atomic E-state index is 13.1. The molecule has 0 aromatic carbocycles. The highest BCUT2D eigenvalue weighted by atomic mass is 16.3. The summed E-state index contributed by atoms with van der Waals surface area (Å²) in [7, 11) is 0. The van der Waals surface area contributed by atoms with Crippen LogP contribution >= 0.6 is 0 Å². The van der Waals surface area contributed by atoms with Crippen LogP contribution < -0.4 is 0 Å². The molecule has 27 heavy (non-hydrogen) atoms. The highest BCUT2D eigenvalue weighted by Gasteiger charge is 2.59. The van der Waals surface area contributed by atoms with E-state index in [0.717, 1.165) is 37.0 Å². The second-order valence-corrected chi connectivity index (χ2v) is 10.6. The van der Waals surface area contributed by atoms with E-state index >= 15 is 0 Å². The molecule has 1 aromatic rings. The lowest BCUT2D eigenvalue weighted by atomic mass is 9.51. The van der Waals surface area contributed by atoms with Gasteiger partial charge in [0.15, 0.2) is 5.78 Å². The molecule has 1 N–H and O–H groups in total. The van der Waals surface area contributed by atoms with Crippen LogP contribution in [0.15, 0.2) is 12.4 Å². The Bertz CT molecular complexity index is 715. The molecule has 4 aliphatic carbocycles. The molecule has 0 spiro atoms. The normalized spacial score (nSPS) is 48.7. The number of hydrogen-bond acceptors (Lipinski definition) is 4. The van der Waals surface area contributed by atoms with Gasteiger partial charge >= 0.3 is 0 Å². The lowest BCUT2D eigenvalue weighted by Gasteiger charge is -2.53. The number of fused-ring (bicyclic) bond motifs is 5. The van der Waals surface area contributed by atoms with Gasteiger partial charge < -0.3 is 5.11 Å². The first kappa shape index (κ1) is 17.8. The van der Waals surface area contributed by atoms with Crippen LogP contribution in [-0.2, 0) is 11.3 Å². The monoisotopic (exact) mass is 371 g/mol. The van der Waals surface area contributed by atoms with Crippen molar-refractivity contribution in [3.05, 3.63) is 12.4 Å². The molecule has 4 aliphatic rings. The Morgan fingerprint density at radius 3 is 2.74 bits per heavy atom. The minimum Gasteiger partial charge on any atom is -0.390 e. The van der Waals surface area contributed by atoms with E-state index in [9.17, 15) is 9.90 Å². The number of rotatable bonds is 3. The Morgan fingerprint density at radius 2 is 1.96 bits per heavy atom. The van der Waals surface area contributed by atoms with Gasteiger partial charge in [-0.2, -0.15) is 0 Å². The summed E-state index contributed by atoms with van der Waals surface area (Å²) < 4.78 is 1.68. The van der Waals surface area contributed by atoms with Crippen LogP contribution in [0.1, 0.15) is 65.2 Å². The van der Waals surface area contributed by atoms with Gasteiger partial charge in [-0.05, 0) is 93.3 Å². The molecule has 8 atom stereocenters. The van der Waals surface area contributed by atoms with Gasteiger partial charge in [0.05, 0.1) is 11.8 Å². The Morgan fingerprint density at radius 1 is 1.11 bits per heavy atom. The molecule has 4 saturated carbocycles. The van der Waals surface area contributed by atoms with Crippen LogP contribution in [0.2, 0.25) is 0 Å². The van der Waals surface area contributed by atoms with E-state index in [2.05, 4.69) is 17.2 Å². The van der Waals surface area contributed by atoms with Crippen LogP contribution in [0.5, 0.6) is 0 Å². The zero-order valence-corrected chi connectivity index (χ0v) is 16.7.